The fraction of sp³-hybridized carbons (Fsp3) is 0.111. The van der Waals surface area contributed by atoms with E-state index >= 15 is 0 Å². The van der Waals surface area contributed by atoms with Gasteiger partial charge in [-0.05, 0) is 0 Å². The number of non-ortho nitro benzene ring substituents is 2. The molecular formula is C9H3N7O7. The molecule has 2 heterocycles. The van der Waals surface area contributed by atoms with Crippen LogP contribution in [0.3, 0.4) is 0 Å². The van der Waals surface area contributed by atoms with Gasteiger partial charge in [0.15, 0.2) is 5.52 Å². The highest BCUT2D eigenvalue weighted by Gasteiger charge is 2.39. The molecule has 1 unspecified atom stereocenters. The Hall–Kier alpha value is -3.84. The minimum atomic E-state index is -2.04. The number of benzene rings is 1. The average molecular weight is 321 g/mol. The molecule has 0 amide bonds. The van der Waals surface area contributed by atoms with Crippen LogP contribution in [-0.2, 0) is 0 Å². The van der Waals surface area contributed by atoms with Gasteiger partial charge in [0.1, 0.15) is 0 Å². The first-order valence-electron chi connectivity index (χ1n) is 5.75. The van der Waals surface area contributed by atoms with E-state index in [1.54, 1.807) is 0 Å². The molecule has 0 aliphatic carbocycles. The van der Waals surface area contributed by atoms with Crippen molar-refractivity contribution in [2.45, 2.75) is 6.17 Å². The normalized spacial score (nSPS) is 16.3. The highest BCUT2D eigenvalue weighted by Crippen LogP contribution is 2.35. The van der Waals surface area contributed by atoms with Gasteiger partial charge in [0.25, 0.3) is 11.6 Å². The van der Waals surface area contributed by atoms with Crippen LogP contribution in [-0.4, -0.2) is 36.4 Å². The monoisotopic (exact) mass is 321 g/mol. The Morgan fingerprint density at radius 2 is 1.78 bits per heavy atom. The van der Waals surface area contributed by atoms with Gasteiger partial charge in [-0.2, -0.15) is 0 Å². The molecule has 1 aromatic carbocycles. The van der Waals surface area contributed by atoms with Crippen LogP contribution in [0.1, 0.15) is 4.79 Å². The van der Waals surface area contributed by atoms with Crippen LogP contribution in [0.5, 0.6) is 0 Å². The number of hydrogen-bond acceptors (Lipinski definition) is 10. The Balaban J connectivity index is 2.37. The lowest BCUT2D eigenvalue weighted by Gasteiger charge is -2.09. The van der Waals surface area contributed by atoms with E-state index in [0.717, 1.165) is 6.07 Å². The minimum Gasteiger partial charge on any atom is -0.263 e. The standard InChI is InChI=1S/C9H3N7O7/c17-8-7(16(22)23)11-12-9-10-6-4(13(8)9)1-3(14(18)19)2-5(6)15(20)21/h1-2,7H. The zero-order valence-corrected chi connectivity index (χ0v) is 10.7. The Morgan fingerprint density at radius 3 is 2.35 bits per heavy atom. The molecular weight excluding hydrogens is 318 g/mol. The molecule has 1 aromatic heterocycles. The first-order valence-corrected chi connectivity index (χ1v) is 5.75. The van der Waals surface area contributed by atoms with Crippen molar-refractivity contribution in [2.75, 3.05) is 0 Å². The maximum Gasteiger partial charge on any atom is 0.399 e. The van der Waals surface area contributed by atoms with Crippen LogP contribution >= 0.6 is 0 Å². The Kier molecular flexibility index (Phi) is 2.81. The summed E-state index contributed by atoms with van der Waals surface area (Å²) in [6.07, 6.45) is -2.04. The quantitative estimate of drug-likeness (QED) is 0.594. The van der Waals surface area contributed by atoms with Crippen molar-refractivity contribution < 1.29 is 19.6 Å². The number of rotatable bonds is 3. The fourth-order valence-electron chi connectivity index (χ4n) is 2.06. The van der Waals surface area contributed by atoms with Crippen molar-refractivity contribution in [3.05, 3.63) is 42.5 Å². The third-order valence-corrected chi connectivity index (χ3v) is 3.01. The summed E-state index contributed by atoms with van der Waals surface area (Å²) in [5, 5.41) is 39.2. The third kappa shape index (κ3) is 1.96. The second-order valence-electron chi connectivity index (χ2n) is 4.31. The number of aromatic nitrogens is 2. The fourth-order valence-corrected chi connectivity index (χ4v) is 2.06. The predicted molar refractivity (Wildman–Crippen MR) is 69.0 cm³/mol. The molecule has 0 spiro atoms. The van der Waals surface area contributed by atoms with E-state index < -0.39 is 44.2 Å². The molecule has 1 aliphatic rings. The van der Waals surface area contributed by atoms with Gasteiger partial charge in [-0.3, -0.25) is 35.1 Å². The molecule has 1 aliphatic heterocycles. The summed E-state index contributed by atoms with van der Waals surface area (Å²) in [4.78, 5) is 45.7. The largest absolute Gasteiger partial charge is 0.399 e. The maximum atomic E-state index is 12.1. The van der Waals surface area contributed by atoms with E-state index in [2.05, 4.69) is 15.2 Å². The molecule has 0 bridgehead atoms. The van der Waals surface area contributed by atoms with Gasteiger partial charge in [0.2, 0.25) is 0 Å². The lowest BCUT2D eigenvalue weighted by Crippen LogP contribution is -2.33. The Labute approximate surface area is 123 Å². The maximum absolute atomic E-state index is 12.1. The van der Waals surface area contributed by atoms with Gasteiger partial charge in [0.05, 0.1) is 26.4 Å². The second-order valence-corrected chi connectivity index (χ2v) is 4.31. The van der Waals surface area contributed by atoms with Crippen molar-refractivity contribution >= 4 is 34.3 Å². The van der Waals surface area contributed by atoms with Gasteiger partial charge in [-0.15, -0.1) is 5.11 Å². The van der Waals surface area contributed by atoms with Crippen molar-refractivity contribution in [1.82, 2.24) is 9.55 Å². The highest BCUT2D eigenvalue weighted by molar-refractivity contribution is 5.99. The van der Waals surface area contributed by atoms with E-state index in [0.29, 0.717) is 10.6 Å². The molecule has 0 fully saturated rings. The van der Waals surface area contributed by atoms with Crippen LogP contribution in [0.2, 0.25) is 0 Å². The first-order chi connectivity index (χ1) is 10.8. The van der Waals surface area contributed by atoms with Crippen molar-refractivity contribution in [3.8, 4) is 0 Å². The molecule has 23 heavy (non-hydrogen) atoms. The van der Waals surface area contributed by atoms with Crippen LogP contribution in [0, 0.1) is 30.3 Å². The summed E-state index contributed by atoms with van der Waals surface area (Å²) in [5.74, 6) is -1.59. The molecule has 14 nitrogen and oxygen atoms in total. The van der Waals surface area contributed by atoms with E-state index in [1.807, 2.05) is 0 Å². The third-order valence-electron chi connectivity index (χ3n) is 3.01. The Morgan fingerprint density at radius 1 is 1.09 bits per heavy atom. The van der Waals surface area contributed by atoms with E-state index in [9.17, 15) is 35.1 Å². The Bertz CT molecular complexity index is 945. The number of fused-ring (bicyclic) bond motifs is 3. The second kappa shape index (κ2) is 4.58. The molecule has 0 radical (unpaired) electrons. The van der Waals surface area contributed by atoms with E-state index in [1.165, 1.54) is 0 Å². The van der Waals surface area contributed by atoms with Crippen LogP contribution < -0.4 is 0 Å². The molecule has 116 valence electrons. The van der Waals surface area contributed by atoms with Gasteiger partial charge < -0.3 is 0 Å². The van der Waals surface area contributed by atoms with Crippen molar-refractivity contribution in [2.24, 2.45) is 10.2 Å². The number of azo groups is 1. The van der Waals surface area contributed by atoms with Gasteiger partial charge >= 0.3 is 17.8 Å². The molecule has 3 rings (SSSR count). The van der Waals surface area contributed by atoms with Crippen molar-refractivity contribution in [1.29, 1.82) is 0 Å². The van der Waals surface area contributed by atoms with E-state index in [4.69, 9.17) is 0 Å². The summed E-state index contributed by atoms with van der Waals surface area (Å²) in [6.45, 7) is 0. The molecule has 1 atom stereocenters. The zero-order valence-electron chi connectivity index (χ0n) is 10.7. The average Bonchev–Trinajstić information content (AvgIpc) is 2.84. The van der Waals surface area contributed by atoms with Gasteiger partial charge in [0, 0.05) is 6.07 Å². The summed E-state index contributed by atoms with van der Waals surface area (Å²) >= 11 is 0. The first kappa shape index (κ1) is 14.1. The van der Waals surface area contributed by atoms with Crippen molar-refractivity contribution in [3.63, 3.8) is 0 Å². The summed E-state index contributed by atoms with van der Waals surface area (Å²) < 4.78 is 0.607. The number of hydrogen-bond donors (Lipinski definition) is 0. The minimum absolute atomic E-state index is 0.323. The van der Waals surface area contributed by atoms with Crippen LogP contribution in [0.15, 0.2) is 22.4 Å². The van der Waals surface area contributed by atoms with Crippen LogP contribution in [0.4, 0.5) is 17.3 Å². The topological polar surface area (TPSA) is 189 Å². The highest BCUT2D eigenvalue weighted by atomic mass is 16.6. The predicted octanol–water partition coefficient (Wildman–Crippen LogP) is 1.19. The molecule has 0 N–H and O–H groups in total. The number of carbonyl (C=O) groups is 1. The SMILES string of the molecule is O=C1C([N+](=O)[O-])N=Nc2nc3c([N+](=O)[O-])cc([N+](=O)[O-])cc3n21. The number of carbonyl (C=O) groups excluding carboxylic acids is 1. The molecule has 0 saturated heterocycles. The lowest BCUT2D eigenvalue weighted by atomic mass is 10.2. The summed E-state index contributed by atoms with van der Waals surface area (Å²) in [6, 6.07) is 1.53. The van der Waals surface area contributed by atoms with Crippen LogP contribution in [0.25, 0.3) is 11.0 Å². The number of nitrogens with zero attached hydrogens (tertiary/aromatic N) is 7. The van der Waals surface area contributed by atoms with E-state index in [-0.39, 0.29) is 11.0 Å². The summed E-state index contributed by atoms with van der Waals surface area (Å²) in [5.41, 5.74) is -2.07. The number of nitro groups is 3. The van der Waals surface area contributed by atoms with Gasteiger partial charge in [-0.1, -0.05) is 5.11 Å². The number of nitro benzene ring substituents is 2. The molecule has 2 aromatic rings. The zero-order chi connectivity index (χ0) is 16.9. The van der Waals surface area contributed by atoms with Gasteiger partial charge in [-0.25, -0.2) is 9.55 Å². The summed E-state index contributed by atoms with van der Waals surface area (Å²) in [7, 11) is 0. The molecule has 0 saturated carbocycles. The smallest absolute Gasteiger partial charge is 0.263 e. The lowest BCUT2D eigenvalue weighted by molar-refractivity contribution is -0.505. The number of imidazole rings is 1. The molecule has 14 heteroatoms.